The van der Waals surface area contributed by atoms with Gasteiger partial charge < -0.3 is 5.32 Å². The molecule has 0 aromatic heterocycles. The van der Waals surface area contributed by atoms with Crippen LogP contribution in [0.3, 0.4) is 0 Å². The van der Waals surface area contributed by atoms with Gasteiger partial charge in [0.2, 0.25) is 0 Å². The van der Waals surface area contributed by atoms with Gasteiger partial charge in [0.25, 0.3) is 0 Å². The SMILES string of the molecule is Cc1cc(C)c(NC2=NCCCC2)c(Br)c1. The summed E-state index contributed by atoms with van der Waals surface area (Å²) in [7, 11) is 0. The molecule has 1 N–H and O–H groups in total. The maximum Gasteiger partial charge on any atom is 0.101 e. The smallest absolute Gasteiger partial charge is 0.101 e. The topological polar surface area (TPSA) is 24.4 Å². The third-order valence-corrected chi connectivity index (χ3v) is 3.45. The minimum Gasteiger partial charge on any atom is -0.343 e. The van der Waals surface area contributed by atoms with Crippen molar-refractivity contribution in [3.63, 3.8) is 0 Å². The van der Waals surface area contributed by atoms with Gasteiger partial charge in [0.1, 0.15) is 5.84 Å². The second-order valence-electron chi connectivity index (χ2n) is 4.35. The van der Waals surface area contributed by atoms with E-state index >= 15 is 0 Å². The van der Waals surface area contributed by atoms with Crippen LogP contribution in [-0.4, -0.2) is 12.4 Å². The molecule has 0 fully saturated rings. The van der Waals surface area contributed by atoms with Gasteiger partial charge in [-0.05, 0) is 59.8 Å². The van der Waals surface area contributed by atoms with E-state index in [1.165, 1.54) is 24.0 Å². The lowest BCUT2D eigenvalue weighted by Crippen LogP contribution is -2.17. The van der Waals surface area contributed by atoms with Crippen molar-refractivity contribution in [3.8, 4) is 0 Å². The number of nitrogens with zero attached hydrogens (tertiary/aromatic N) is 1. The third kappa shape index (κ3) is 2.64. The number of aryl methyl sites for hydroxylation is 2. The Labute approximate surface area is 105 Å². The fourth-order valence-corrected chi connectivity index (χ4v) is 2.79. The van der Waals surface area contributed by atoms with Gasteiger partial charge in [0.15, 0.2) is 0 Å². The third-order valence-electron chi connectivity index (χ3n) is 2.83. The van der Waals surface area contributed by atoms with Gasteiger partial charge in [-0.3, -0.25) is 4.99 Å². The molecule has 1 aromatic rings. The second-order valence-corrected chi connectivity index (χ2v) is 5.20. The number of amidine groups is 1. The number of halogens is 1. The normalized spacial score (nSPS) is 15.8. The number of benzene rings is 1. The van der Waals surface area contributed by atoms with Gasteiger partial charge in [-0.25, -0.2) is 0 Å². The highest BCUT2D eigenvalue weighted by Crippen LogP contribution is 2.28. The van der Waals surface area contributed by atoms with E-state index < -0.39 is 0 Å². The zero-order valence-electron chi connectivity index (χ0n) is 9.81. The van der Waals surface area contributed by atoms with Crippen molar-refractivity contribution in [2.24, 2.45) is 4.99 Å². The van der Waals surface area contributed by atoms with E-state index in [1.54, 1.807) is 0 Å². The van der Waals surface area contributed by atoms with Crippen LogP contribution in [0.5, 0.6) is 0 Å². The quantitative estimate of drug-likeness (QED) is 0.824. The van der Waals surface area contributed by atoms with Crippen molar-refractivity contribution in [2.45, 2.75) is 33.1 Å². The number of rotatable bonds is 1. The zero-order valence-corrected chi connectivity index (χ0v) is 11.4. The number of aliphatic imine (C=N–C) groups is 1. The van der Waals surface area contributed by atoms with Crippen molar-refractivity contribution >= 4 is 27.5 Å². The average Bonchev–Trinajstić information content (AvgIpc) is 2.25. The molecule has 1 aliphatic heterocycles. The molecule has 1 aliphatic rings. The molecular weight excluding hydrogens is 264 g/mol. The van der Waals surface area contributed by atoms with E-state index in [0.29, 0.717) is 0 Å². The monoisotopic (exact) mass is 280 g/mol. The fourth-order valence-electron chi connectivity index (χ4n) is 2.02. The highest BCUT2D eigenvalue weighted by atomic mass is 79.9. The second kappa shape index (κ2) is 5.00. The summed E-state index contributed by atoms with van der Waals surface area (Å²) in [5.41, 5.74) is 3.70. The predicted octanol–water partition coefficient (Wildman–Crippen LogP) is 4.06. The maximum atomic E-state index is 4.51. The van der Waals surface area contributed by atoms with Crippen LogP contribution in [0, 0.1) is 13.8 Å². The molecule has 0 atom stereocenters. The Kier molecular flexibility index (Phi) is 3.64. The lowest BCUT2D eigenvalue weighted by molar-refractivity contribution is 0.737. The molecule has 0 saturated carbocycles. The molecule has 2 nitrogen and oxygen atoms in total. The van der Waals surface area contributed by atoms with Gasteiger partial charge in [0.05, 0.1) is 5.69 Å². The average molecular weight is 281 g/mol. The Morgan fingerprint density at radius 1 is 1.25 bits per heavy atom. The summed E-state index contributed by atoms with van der Waals surface area (Å²) >= 11 is 3.61. The largest absolute Gasteiger partial charge is 0.343 e. The van der Waals surface area contributed by atoms with Gasteiger partial charge in [-0.2, -0.15) is 0 Å². The first kappa shape index (κ1) is 11.6. The predicted molar refractivity (Wildman–Crippen MR) is 73.4 cm³/mol. The Bertz CT molecular complexity index is 401. The van der Waals surface area contributed by atoms with Crippen molar-refractivity contribution in [2.75, 3.05) is 11.9 Å². The van der Waals surface area contributed by atoms with Crippen LogP contribution in [0.4, 0.5) is 5.69 Å². The summed E-state index contributed by atoms with van der Waals surface area (Å²) in [5, 5.41) is 3.45. The summed E-state index contributed by atoms with van der Waals surface area (Å²) in [6.45, 7) is 5.20. The molecule has 0 radical (unpaired) electrons. The minimum absolute atomic E-state index is 0.963. The fraction of sp³-hybridized carbons (Fsp3) is 0.462. The number of anilines is 1. The first-order valence-corrected chi connectivity index (χ1v) is 6.53. The Morgan fingerprint density at radius 2 is 2.06 bits per heavy atom. The molecular formula is C13H17BrN2. The molecule has 0 unspecified atom stereocenters. The van der Waals surface area contributed by atoms with Crippen LogP contribution in [-0.2, 0) is 0 Å². The summed E-state index contributed by atoms with van der Waals surface area (Å²) in [6.07, 6.45) is 3.54. The van der Waals surface area contributed by atoms with Crippen molar-refractivity contribution < 1.29 is 0 Å². The van der Waals surface area contributed by atoms with E-state index in [4.69, 9.17) is 0 Å². The van der Waals surface area contributed by atoms with Gasteiger partial charge in [0, 0.05) is 17.4 Å². The molecule has 0 bridgehead atoms. The first-order valence-electron chi connectivity index (χ1n) is 5.74. The molecule has 0 saturated heterocycles. The molecule has 16 heavy (non-hydrogen) atoms. The standard InChI is InChI=1S/C13H17BrN2/c1-9-7-10(2)13(11(14)8-9)16-12-5-3-4-6-15-12/h7-8H,3-6H2,1-2H3,(H,15,16). The lowest BCUT2D eigenvalue weighted by Gasteiger charge is -2.17. The highest BCUT2D eigenvalue weighted by Gasteiger charge is 2.09. The highest BCUT2D eigenvalue weighted by molar-refractivity contribution is 9.10. The molecule has 0 amide bonds. The summed E-state index contributed by atoms with van der Waals surface area (Å²) in [5.74, 6) is 1.12. The van der Waals surface area contributed by atoms with Crippen LogP contribution in [0.2, 0.25) is 0 Å². The van der Waals surface area contributed by atoms with E-state index in [2.05, 4.69) is 52.2 Å². The Balaban J connectivity index is 2.24. The van der Waals surface area contributed by atoms with E-state index in [-0.39, 0.29) is 0 Å². The van der Waals surface area contributed by atoms with Crippen LogP contribution in [0.15, 0.2) is 21.6 Å². The molecule has 1 heterocycles. The Morgan fingerprint density at radius 3 is 2.69 bits per heavy atom. The number of hydrogen-bond donors (Lipinski definition) is 1. The summed E-state index contributed by atoms with van der Waals surface area (Å²) < 4.78 is 1.12. The first-order chi connectivity index (χ1) is 7.66. The van der Waals surface area contributed by atoms with E-state index in [9.17, 15) is 0 Å². The summed E-state index contributed by atoms with van der Waals surface area (Å²) in [6, 6.07) is 4.33. The van der Waals surface area contributed by atoms with Gasteiger partial charge in [-0.1, -0.05) is 6.07 Å². The molecule has 0 aliphatic carbocycles. The summed E-state index contributed by atoms with van der Waals surface area (Å²) in [4.78, 5) is 4.51. The van der Waals surface area contributed by atoms with Crippen LogP contribution >= 0.6 is 15.9 Å². The lowest BCUT2D eigenvalue weighted by atomic mass is 10.1. The Hall–Kier alpha value is -0.830. The molecule has 2 rings (SSSR count). The molecule has 1 aromatic carbocycles. The van der Waals surface area contributed by atoms with Crippen molar-refractivity contribution in [1.29, 1.82) is 0 Å². The van der Waals surface area contributed by atoms with Crippen LogP contribution < -0.4 is 5.32 Å². The molecule has 3 heteroatoms. The van der Waals surface area contributed by atoms with Crippen LogP contribution in [0.25, 0.3) is 0 Å². The van der Waals surface area contributed by atoms with E-state index in [1.807, 2.05) is 0 Å². The number of hydrogen-bond acceptors (Lipinski definition) is 2. The van der Waals surface area contributed by atoms with Crippen LogP contribution in [0.1, 0.15) is 30.4 Å². The minimum atomic E-state index is 0.963. The van der Waals surface area contributed by atoms with Crippen molar-refractivity contribution in [3.05, 3.63) is 27.7 Å². The maximum absolute atomic E-state index is 4.51. The molecule has 86 valence electrons. The number of nitrogens with one attached hydrogen (secondary N) is 1. The zero-order chi connectivity index (χ0) is 11.5. The van der Waals surface area contributed by atoms with Crippen molar-refractivity contribution in [1.82, 2.24) is 0 Å². The van der Waals surface area contributed by atoms with Gasteiger partial charge >= 0.3 is 0 Å². The van der Waals surface area contributed by atoms with Gasteiger partial charge in [-0.15, -0.1) is 0 Å². The molecule has 0 spiro atoms. The van der Waals surface area contributed by atoms with E-state index in [0.717, 1.165) is 29.0 Å².